The summed E-state index contributed by atoms with van der Waals surface area (Å²) < 4.78 is 5.51. The van der Waals surface area contributed by atoms with E-state index in [-0.39, 0.29) is 18.5 Å². The maximum atomic E-state index is 12.6. The zero-order valence-corrected chi connectivity index (χ0v) is 59.5. The fraction of sp³-hybridized carbons (Fsp3) is 0.951. The van der Waals surface area contributed by atoms with Crippen molar-refractivity contribution in [3.63, 3.8) is 0 Å². The van der Waals surface area contributed by atoms with Crippen LogP contribution in [0.3, 0.4) is 0 Å². The van der Waals surface area contributed by atoms with Gasteiger partial charge in [-0.3, -0.25) is 9.59 Å². The fourth-order valence-electron chi connectivity index (χ4n) is 13.2. The lowest BCUT2D eigenvalue weighted by Gasteiger charge is -2.22. The van der Waals surface area contributed by atoms with E-state index in [1.165, 1.54) is 392 Å². The molecule has 0 heterocycles. The van der Waals surface area contributed by atoms with Crippen LogP contribution in [-0.4, -0.2) is 47.4 Å². The number of hydrogen-bond acceptors (Lipinski definition) is 5. The second-order valence-corrected chi connectivity index (χ2v) is 28.1. The Kier molecular flexibility index (Phi) is 75.8. The standard InChI is InChI=1S/C81H159NO5/c1-3-5-7-9-11-13-15-17-19-21-23-24-25-29-32-35-38-41-45-49-53-57-61-65-69-73-79(84)78(77-83)82-80(85)74-70-66-62-58-54-50-46-42-39-36-33-30-27-26-28-31-34-37-40-44-48-52-56-60-64-68-72-76-87-81(86)75-71-67-63-59-55-51-47-43-22-20-18-16-14-12-10-8-6-4-2/h20,22,78-79,83-84H,3-19,21,23-77H2,1-2H3,(H,82,85)/b22-20-. The molecule has 0 fully saturated rings. The lowest BCUT2D eigenvalue weighted by atomic mass is 10.0. The molecule has 0 radical (unpaired) electrons. The third-order valence-corrected chi connectivity index (χ3v) is 19.3. The Morgan fingerprint density at radius 1 is 0.310 bits per heavy atom. The van der Waals surface area contributed by atoms with Gasteiger partial charge < -0.3 is 20.3 Å². The number of nitrogens with one attached hydrogen (secondary N) is 1. The van der Waals surface area contributed by atoms with E-state index < -0.39 is 12.1 Å². The number of allylic oxidation sites excluding steroid dienone is 2. The highest BCUT2D eigenvalue weighted by molar-refractivity contribution is 5.76. The summed E-state index contributed by atoms with van der Waals surface area (Å²) in [5.74, 6) is -0.00909. The van der Waals surface area contributed by atoms with E-state index in [0.717, 1.165) is 44.9 Å². The van der Waals surface area contributed by atoms with Crippen LogP contribution in [0.2, 0.25) is 0 Å². The molecule has 518 valence electrons. The van der Waals surface area contributed by atoms with E-state index in [2.05, 4.69) is 31.3 Å². The summed E-state index contributed by atoms with van der Waals surface area (Å²) in [6.07, 6.45) is 97.3. The van der Waals surface area contributed by atoms with Crippen LogP contribution >= 0.6 is 0 Å². The molecule has 0 aromatic heterocycles. The van der Waals surface area contributed by atoms with E-state index in [0.29, 0.717) is 25.9 Å². The molecule has 0 aromatic carbocycles. The molecule has 0 aliphatic heterocycles. The fourth-order valence-corrected chi connectivity index (χ4v) is 13.2. The van der Waals surface area contributed by atoms with Crippen molar-refractivity contribution in [2.75, 3.05) is 13.2 Å². The van der Waals surface area contributed by atoms with Crippen LogP contribution in [0.4, 0.5) is 0 Å². The summed E-state index contributed by atoms with van der Waals surface area (Å²) in [5, 5.41) is 23.5. The molecule has 0 aliphatic carbocycles. The predicted molar refractivity (Wildman–Crippen MR) is 384 cm³/mol. The number of amides is 1. The molecular formula is C81H159NO5. The van der Waals surface area contributed by atoms with E-state index in [4.69, 9.17) is 4.74 Å². The average Bonchev–Trinajstić information content (AvgIpc) is 3.52. The summed E-state index contributed by atoms with van der Waals surface area (Å²) in [6, 6.07) is -0.541. The van der Waals surface area contributed by atoms with E-state index in [1.807, 2.05) is 0 Å². The molecule has 0 saturated heterocycles. The molecule has 0 saturated carbocycles. The topological polar surface area (TPSA) is 95.9 Å². The van der Waals surface area contributed by atoms with Gasteiger partial charge in [-0.25, -0.2) is 0 Å². The van der Waals surface area contributed by atoms with Crippen LogP contribution in [0, 0.1) is 0 Å². The summed E-state index contributed by atoms with van der Waals surface area (Å²) in [7, 11) is 0. The van der Waals surface area contributed by atoms with Gasteiger partial charge in [0.15, 0.2) is 0 Å². The second-order valence-electron chi connectivity index (χ2n) is 28.1. The number of rotatable bonds is 77. The molecule has 0 spiro atoms. The lowest BCUT2D eigenvalue weighted by molar-refractivity contribution is -0.143. The molecule has 0 bridgehead atoms. The number of unbranched alkanes of at least 4 members (excludes halogenated alkanes) is 64. The van der Waals surface area contributed by atoms with Gasteiger partial charge in [-0.2, -0.15) is 0 Å². The molecule has 3 N–H and O–H groups in total. The van der Waals surface area contributed by atoms with Crippen LogP contribution in [0.25, 0.3) is 0 Å². The van der Waals surface area contributed by atoms with Crippen molar-refractivity contribution < 1.29 is 24.5 Å². The van der Waals surface area contributed by atoms with Gasteiger partial charge in [0.2, 0.25) is 5.91 Å². The highest BCUT2D eigenvalue weighted by Gasteiger charge is 2.20. The molecule has 0 rings (SSSR count). The quantitative estimate of drug-likeness (QED) is 0.0320. The first-order valence-corrected chi connectivity index (χ1v) is 40.4. The van der Waals surface area contributed by atoms with Gasteiger partial charge in [0.1, 0.15) is 0 Å². The average molecular weight is 1230 g/mol. The van der Waals surface area contributed by atoms with Gasteiger partial charge in [0, 0.05) is 12.8 Å². The highest BCUT2D eigenvalue weighted by atomic mass is 16.5. The summed E-state index contributed by atoms with van der Waals surface area (Å²) in [4.78, 5) is 24.7. The van der Waals surface area contributed by atoms with Crippen LogP contribution in [0.5, 0.6) is 0 Å². The molecule has 2 atom stereocenters. The molecule has 0 aliphatic rings. The third kappa shape index (κ3) is 73.5. The van der Waals surface area contributed by atoms with Crippen molar-refractivity contribution >= 4 is 11.9 Å². The van der Waals surface area contributed by atoms with Crippen molar-refractivity contribution in [2.24, 2.45) is 0 Å². The van der Waals surface area contributed by atoms with Crippen molar-refractivity contribution in [1.82, 2.24) is 5.32 Å². The smallest absolute Gasteiger partial charge is 0.305 e. The minimum atomic E-state index is -0.664. The first-order valence-electron chi connectivity index (χ1n) is 40.4. The summed E-state index contributed by atoms with van der Waals surface area (Å²) in [5.41, 5.74) is 0. The summed E-state index contributed by atoms with van der Waals surface area (Å²) >= 11 is 0. The maximum Gasteiger partial charge on any atom is 0.305 e. The number of aliphatic hydroxyl groups excluding tert-OH is 2. The van der Waals surface area contributed by atoms with Crippen molar-refractivity contribution in [3.05, 3.63) is 12.2 Å². The Bertz CT molecular complexity index is 1320. The second kappa shape index (κ2) is 77.1. The van der Waals surface area contributed by atoms with Crippen molar-refractivity contribution in [2.45, 2.75) is 482 Å². The maximum absolute atomic E-state index is 12.6. The van der Waals surface area contributed by atoms with Gasteiger partial charge >= 0.3 is 5.97 Å². The van der Waals surface area contributed by atoms with E-state index in [1.54, 1.807) is 0 Å². The largest absolute Gasteiger partial charge is 0.466 e. The lowest BCUT2D eigenvalue weighted by Crippen LogP contribution is -2.45. The van der Waals surface area contributed by atoms with Crippen LogP contribution in [-0.2, 0) is 14.3 Å². The van der Waals surface area contributed by atoms with Crippen LogP contribution < -0.4 is 5.32 Å². The first kappa shape index (κ1) is 85.6. The summed E-state index contributed by atoms with van der Waals surface area (Å²) in [6.45, 7) is 5.01. The van der Waals surface area contributed by atoms with Crippen LogP contribution in [0.1, 0.15) is 470 Å². The van der Waals surface area contributed by atoms with Crippen molar-refractivity contribution in [3.8, 4) is 0 Å². The number of hydrogen-bond donors (Lipinski definition) is 3. The van der Waals surface area contributed by atoms with Crippen molar-refractivity contribution in [1.29, 1.82) is 0 Å². The molecular weight excluding hydrogens is 1070 g/mol. The molecule has 0 aromatic rings. The monoisotopic (exact) mass is 1230 g/mol. The number of carbonyl (C=O) groups excluding carboxylic acids is 2. The Balaban J connectivity index is 3.34. The van der Waals surface area contributed by atoms with Crippen LogP contribution in [0.15, 0.2) is 12.2 Å². The van der Waals surface area contributed by atoms with Gasteiger partial charge in [-0.15, -0.1) is 0 Å². The number of esters is 1. The number of ether oxygens (including phenoxy) is 1. The predicted octanol–water partition coefficient (Wildman–Crippen LogP) is 26.7. The molecule has 6 heteroatoms. The molecule has 1 amide bonds. The highest BCUT2D eigenvalue weighted by Crippen LogP contribution is 2.20. The minimum absolute atomic E-state index is 0.0168. The zero-order valence-electron chi connectivity index (χ0n) is 59.5. The van der Waals surface area contributed by atoms with E-state index >= 15 is 0 Å². The van der Waals surface area contributed by atoms with Gasteiger partial charge in [0.25, 0.3) is 0 Å². The van der Waals surface area contributed by atoms with E-state index in [9.17, 15) is 19.8 Å². The molecule has 6 nitrogen and oxygen atoms in total. The Labute approximate surface area is 546 Å². The number of carbonyl (C=O) groups is 2. The molecule has 2 unspecified atom stereocenters. The number of aliphatic hydroxyl groups is 2. The third-order valence-electron chi connectivity index (χ3n) is 19.3. The Hall–Kier alpha value is -1.40. The van der Waals surface area contributed by atoms with Gasteiger partial charge in [-0.05, 0) is 51.4 Å². The Morgan fingerprint density at radius 3 is 0.816 bits per heavy atom. The molecule has 87 heavy (non-hydrogen) atoms. The first-order chi connectivity index (χ1) is 43.0. The SMILES string of the molecule is CCCCCCCCC/C=C\CCCCCCCCCC(=O)OCCCCCCCCCCCCCCCCCCCCCCCCCCCCCC(=O)NC(CO)C(O)CCCCCCCCCCCCCCCCCCCCCCCCCCC. The van der Waals surface area contributed by atoms with Gasteiger partial charge in [-0.1, -0.05) is 418 Å². The zero-order chi connectivity index (χ0) is 62.8. The minimum Gasteiger partial charge on any atom is -0.466 e. The normalized spacial score (nSPS) is 12.5. The Morgan fingerprint density at radius 2 is 0.540 bits per heavy atom. The van der Waals surface area contributed by atoms with Gasteiger partial charge in [0.05, 0.1) is 25.4 Å².